The van der Waals surface area contributed by atoms with Gasteiger partial charge < -0.3 is 0 Å². The Morgan fingerprint density at radius 1 is 0.750 bits per heavy atom. The number of rotatable bonds is 5. The second kappa shape index (κ2) is 9.14. The standard InChI is InChI=1S/C21H20N2P2Se3/c26-24(19-12-6-2-7-13-19)21(22-17-16-18-10-4-1-5-11-18)23-25(27,28-24)20-14-8-3-9-15-20/h1-15H,16-17H2,(H,22,23,27). The van der Waals surface area contributed by atoms with Crippen LogP contribution in [-0.4, -0.2) is 57.3 Å². The van der Waals surface area contributed by atoms with Crippen molar-refractivity contribution in [2.75, 3.05) is 6.54 Å². The molecular weight excluding hydrogens is 579 g/mol. The summed E-state index contributed by atoms with van der Waals surface area (Å²) in [6.07, 6.45) is 0.970. The van der Waals surface area contributed by atoms with Crippen LogP contribution in [0.1, 0.15) is 5.56 Å². The van der Waals surface area contributed by atoms with E-state index in [1.807, 2.05) is 0 Å². The Balaban J connectivity index is 1.66. The van der Waals surface area contributed by atoms with Crippen LogP contribution in [-0.2, 0) is 6.42 Å². The van der Waals surface area contributed by atoms with E-state index in [1.54, 1.807) is 0 Å². The number of hydrogen-bond acceptors (Lipinski definition) is 1. The van der Waals surface area contributed by atoms with Gasteiger partial charge in [-0.2, -0.15) is 0 Å². The molecule has 1 N–H and O–H groups in total. The average molecular weight is 599 g/mol. The van der Waals surface area contributed by atoms with Crippen molar-refractivity contribution in [1.82, 2.24) is 5.09 Å². The predicted octanol–water partition coefficient (Wildman–Crippen LogP) is 3.49. The number of benzene rings is 3. The Labute approximate surface area is 189 Å². The van der Waals surface area contributed by atoms with E-state index in [2.05, 4.69) is 127 Å². The van der Waals surface area contributed by atoms with Gasteiger partial charge >= 0.3 is 190 Å². The number of nitrogens with one attached hydrogen (secondary N) is 1. The molecule has 28 heavy (non-hydrogen) atoms. The van der Waals surface area contributed by atoms with Crippen LogP contribution >= 0.6 is 9.43 Å². The van der Waals surface area contributed by atoms with Crippen molar-refractivity contribution < 1.29 is 0 Å². The van der Waals surface area contributed by atoms with Crippen molar-refractivity contribution >= 4 is 70.8 Å². The minimum absolute atomic E-state index is 0.383. The Kier molecular flexibility index (Phi) is 6.79. The van der Waals surface area contributed by atoms with Crippen molar-refractivity contribution in [3.63, 3.8) is 0 Å². The quantitative estimate of drug-likeness (QED) is 0.353. The van der Waals surface area contributed by atoms with Gasteiger partial charge in [0.05, 0.1) is 0 Å². The Morgan fingerprint density at radius 2 is 1.29 bits per heavy atom. The van der Waals surface area contributed by atoms with E-state index < -0.39 is 9.43 Å². The molecule has 2 atom stereocenters. The van der Waals surface area contributed by atoms with E-state index in [9.17, 15) is 0 Å². The fourth-order valence-electron chi connectivity index (χ4n) is 3.01. The van der Waals surface area contributed by atoms with Crippen molar-refractivity contribution in [2.45, 2.75) is 6.42 Å². The Bertz CT molecular complexity index is 957. The van der Waals surface area contributed by atoms with Gasteiger partial charge in [0, 0.05) is 0 Å². The van der Waals surface area contributed by atoms with Gasteiger partial charge in [-0.25, -0.2) is 0 Å². The first-order chi connectivity index (χ1) is 13.6. The summed E-state index contributed by atoms with van der Waals surface area (Å²) in [5.41, 5.74) is 2.54. The molecule has 3 aromatic rings. The zero-order valence-corrected chi connectivity index (χ0v) is 22.1. The van der Waals surface area contributed by atoms with E-state index in [4.69, 9.17) is 4.99 Å². The van der Waals surface area contributed by atoms with Crippen LogP contribution in [0.15, 0.2) is 96.0 Å². The van der Waals surface area contributed by atoms with Gasteiger partial charge in [-0.3, -0.25) is 0 Å². The summed E-state index contributed by atoms with van der Waals surface area (Å²) in [6, 6.07) is 32.4. The molecule has 4 rings (SSSR count). The predicted molar refractivity (Wildman–Crippen MR) is 129 cm³/mol. The minimum atomic E-state index is -1.60. The molecule has 0 bridgehead atoms. The van der Waals surface area contributed by atoms with Crippen LogP contribution in [0.3, 0.4) is 0 Å². The van der Waals surface area contributed by atoms with Gasteiger partial charge in [0.1, 0.15) is 0 Å². The summed E-state index contributed by atoms with van der Waals surface area (Å²) in [5, 5.41) is 6.72. The van der Waals surface area contributed by atoms with Crippen LogP contribution in [0.4, 0.5) is 0 Å². The van der Waals surface area contributed by atoms with E-state index in [1.165, 1.54) is 21.7 Å². The third-order valence-electron chi connectivity index (χ3n) is 4.45. The van der Waals surface area contributed by atoms with E-state index in [-0.39, 0.29) is 0 Å². The third kappa shape index (κ3) is 4.49. The summed E-state index contributed by atoms with van der Waals surface area (Å²) in [7, 11) is 0. The summed E-state index contributed by atoms with van der Waals surface area (Å²) < 4.78 is -1.60. The molecule has 0 amide bonds. The molecule has 1 aliphatic heterocycles. The molecule has 0 aromatic heterocycles. The molecule has 1 aliphatic rings. The van der Waals surface area contributed by atoms with Crippen LogP contribution in [0.5, 0.6) is 0 Å². The molecule has 0 radical (unpaired) electrons. The van der Waals surface area contributed by atoms with Crippen molar-refractivity contribution in [3.8, 4) is 0 Å². The number of amidine groups is 1. The molecule has 142 valence electrons. The van der Waals surface area contributed by atoms with Gasteiger partial charge in [-0.1, -0.05) is 0 Å². The zero-order valence-electron chi connectivity index (χ0n) is 15.1. The number of hydrogen-bond donors (Lipinski definition) is 1. The molecular formula is C21H20N2P2Se3. The van der Waals surface area contributed by atoms with Gasteiger partial charge in [0.15, 0.2) is 0 Å². The van der Waals surface area contributed by atoms with Crippen molar-refractivity contribution in [1.29, 1.82) is 0 Å². The Hall–Kier alpha value is -0.452. The third-order valence-corrected chi connectivity index (χ3v) is 40.1. The molecule has 0 aliphatic carbocycles. The topological polar surface area (TPSA) is 24.4 Å². The normalized spacial score (nSPS) is 25.6. The van der Waals surface area contributed by atoms with Crippen molar-refractivity contribution in [2.24, 2.45) is 4.99 Å². The number of nitrogens with zero attached hydrogens (tertiary/aromatic N) is 1. The molecule has 1 heterocycles. The first-order valence-electron chi connectivity index (χ1n) is 9.00. The molecule has 7 heteroatoms. The zero-order chi connectivity index (χ0) is 19.5. The first kappa shape index (κ1) is 20.8. The molecule has 2 unspecified atom stereocenters. The van der Waals surface area contributed by atoms with E-state index >= 15 is 0 Å². The molecule has 0 spiro atoms. The van der Waals surface area contributed by atoms with Crippen LogP contribution in [0, 0.1) is 0 Å². The van der Waals surface area contributed by atoms with Gasteiger partial charge in [-0.15, -0.1) is 0 Å². The summed E-state index contributed by atoms with van der Waals surface area (Å²) in [4.78, 5) is 3.56. The van der Waals surface area contributed by atoms with E-state index in [0.717, 1.165) is 13.0 Å². The van der Waals surface area contributed by atoms with Crippen LogP contribution < -0.4 is 15.7 Å². The molecule has 1 fully saturated rings. The van der Waals surface area contributed by atoms with Gasteiger partial charge in [-0.05, 0) is 0 Å². The summed E-state index contributed by atoms with van der Waals surface area (Å²) >= 11 is 7.62. The first-order valence-corrected chi connectivity index (χ1v) is 21.4. The fourth-order valence-corrected chi connectivity index (χ4v) is 57.5. The second-order valence-electron chi connectivity index (χ2n) is 6.41. The SMILES string of the molecule is [Se-][P+]1(c2ccccc2)NC(=NCCc2ccccc2)[P+]([Se-])(c2ccccc2)[Se]1. The maximum atomic E-state index is 5.12. The van der Waals surface area contributed by atoms with Crippen LogP contribution in [0.25, 0.3) is 0 Å². The van der Waals surface area contributed by atoms with Crippen molar-refractivity contribution in [3.05, 3.63) is 96.6 Å². The maximum absolute atomic E-state index is 5.12. The van der Waals surface area contributed by atoms with Gasteiger partial charge in [0.2, 0.25) is 0 Å². The van der Waals surface area contributed by atoms with Gasteiger partial charge in [0.25, 0.3) is 0 Å². The summed E-state index contributed by atoms with van der Waals surface area (Å²) in [6.45, 7) is 0.813. The summed E-state index contributed by atoms with van der Waals surface area (Å²) in [5.74, 6) is 0. The molecule has 3 aromatic carbocycles. The second-order valence-corrected chi connectivity index (χ2v) is 34.9. The fraction of sp³-hybridized carbons (Fsp3) is 0.0952. The number of aliphatic imine (C=N–C) groups is 1. The Morgan fingerprint density at radius 3 is 1.89 bits per heavy atom. The molecule has 0 saturated carbocycles. The molecule has 1 saturated heterocycles. The average Bonchev–Trinajstić information content (AvgIpc) is 3.02. The van der Waals surface area contributed by atoms with Crippen LogP contribution in [0.2, 0.25) is 0 Å². The monoisotopic (exact) mass is 602 g/mol. The molecule has 2 nitrogen and oxygen atoms in total. The van der Waals surface area contributed by atoms with E-state index in [0.29, 0.717) is 14.1 Å².